The minimum absolute atomic E-state index is 0.251. The molecule has 4 aromatic rings. The molecular weight excluding hydrogens is 348 g/mol. The molecule has 2 aromatic heterocycles. The minimum Gasteiger partial charge on any atom is -0.399 e. The van der Waals surface area contributed by atoms with E-state index in [4.69, 9.17) is 10.8 Å². The minimum atomic E-state index is 0.251. The van der Waals surface area contributed by atoms with Gasteiger partial charge in [0.1, 0.15) is 0 Å². The van der Waals surface area contributed by atoms with Gasteiger partial charge in [0.05, 0.1) is 0 Å². The Morgan fingerprint density at radius 3 is 2.64 bits per heavy atom. The lowest BCUT2D eigenvalue weighted by Gasteiger charge is -2.31. The summed E-state index contributed by atoms with van der Waals surface area (Å²) in [6.07, 6.45) is 0.995. The summed E-state index contributed by atoms with van der Waals surface area (Å²) in [5, 5.41) is 16.0. The molecule has 0 bridgehead atoms. The summed E-state index contributed by atoms with van der Waals surface area (Å²) in [5.41, 5.74) is 11.8. The topological polar surface area (TPSA) is 72.3 Å². The van der Waals surface area contributed by atoms with Crippen LogP contribution in [0.4, 0.5) is 11.5 Å². The molecule has 0 saturated carbocycles. The third kappa shape index (κ3) is 2.52. The van der Waals surface area contributed by atoms with Gasteiger partial charge in [-0.25, -0.2) is 0 Å². The molecule has 0 unspecified atom stereocenters. The first kappa shape index (κ1) is 17.0. The maximum Gasteiger partial charge on any atom is 0.185 e. The molecule has 0 atom stereocenters. The van der Waals surface area contributed by atoms with Crippen LogP contribution in [-0.2, 0) is 13.0 Å². The van der Waals surface area contributed by atoms with Crippen molar-refractivity contribution in [2.75, 3.05) is 17.2 Å². The number of nitrogens with two attached hydrogens (primary N) is 1. The van der Waals surface area contributed by atoms with Gasteiger partial charge in [-0.2, -0.15) is 4.52 Å². The highest BCUT2D eigenvalue weighted by atomic mass is 15.4. The first-order valence-electron chi connectivity index (χ1n) is 9.80. The van der Waals surface area contributed by atoms with Gasteiger partial charge in [-0.15, -0.1) is 15.3 Å². The summed E-state index contributed by atoms with van der Waals surface area (Å²) in [5.74, 6) is 2.12. The number of rotatable bonds is 2. The maximum absolute atomic E-state index is 6.12. The Morgan fingerprint density at radius 2 is 1.86 bits per heavy atom. The van der Waals surface area contributed by atoms with E-state index in [1.165, 1.54) is 16.7 Å². The average Bonchev–Trinajstić information content (AvgIpc) is 3.11. The first-order valence-corrected chi connectivity index (χ1v) is 9.80. The van der Waals surface area contributed by atoms with Crippen LogP contribution in [0.2, 0.25) is 0 Å². The van der Waals surface area contributed by atoms with E-state index in [9.17, 15) is 0 Å². The van der Waals surface area contributed by atoms with E-state index < -0.39 is 0 Å². The third-order valence-electron chi connectivity index (χ3n) is 5.66. The Kier molecular flexibility index (Phi) is 3.75. The van der Waals surface area contributed by atoms with Crippen LogP contribution in [0.25, 0.3) is 16.4 Å². The number of aryl methyl sites for hydroxylation is 1. The summed E-state index contributed by atoms with van der Waals surface area (Å²) in [4.78, 5) is 2.35. The molecular formula is C22H24N6. The predicted octanol–water partition coefficient (Wildman–Crippen LogP) is 3.85. The number of nitrogen functional groups attached to an aromatic ring is 1. The van der Waals surface area contributed by atoms with Crippen molar-refractivity contribution in [3.8, 4) is 0 Å². The summed E-state index contributed by atoms with van der Waals surface area (Å²) >= 11 is 0. The fourth-order valence-corrected chi connectivity index (χ4v) is 4.31. The van der Waals surface area contributed by atoms with Gasteiger partial charge < -0.3 is 10.6 Å². The van der Waals surface area contributed by atoms with Crippen LogP contribution in [0, 0.1) is 6.92 Å². The SMILES string of the molecule is Cc1cc(N)cc2c1CCN(c1nn3c(C(C)C)nnc3c3ccccc13)C2. The Morgan fingerprint density at radius 1 is 1.07 bits per heavy atom. The zero-order valence-electron chi connectivity index (χ0n) is 16.5. The lowest BCUT2D eigenvalue weighted by Crippen LogP contribution is -2.32. The Hall–Kier alpha value is -3.15. The fraction of sp³-hybridized carbons (Fsp3) is 0.318. The predicted molar refractivity (Wildman–Crippen MR) is 113 cm³/mol. The van der Waals surface area contributed by atoms with E-state index in [0.29, 0.717) is 0 Å². The Bertz CT molecular complexity index is 1210. The highest BCUT2D eigenvalue weighted by Gasteiger charge is 2.23. The summed E-state index contributed by atoms with van der Waals surface area (Å²) in [6.45, 7) is 8.13. The monoisotopic (exact) mass is 372 g/mol. The molecule has 1 aliphatic rings. The van der Waals surface area contributed by atoms with E-state index in [1.807, 2.05) is 10.6 Å². The number of benzene rings is 2. The normalized spacial score (nSPS) is 14.2. The van der Waals surface area contributed by atoms with Gasteiger partial charge in [-0.1, -0.05) is 38.1 Å². The molecule has 6 heteroatoms. The number of aromatic nitrogens is 4. The van der Waals surface area contributed by atoms with E-state index in [-0.39, 0.29) is 5.92 Å². The number of anilines is 2. The largest absolute Gasteiger partial charge is 0.399 e. The maximum atomic E-state index is 6.12. The fourth-order valence-electron chi connectivity index (χ4n) is 4.31. The van der Waals surface area contributed by atoms with Crippen molar-refractivity contribution >= 4 is 27.9 Å². The van der Waals surface area contributed by atoms with Crippen LogP contribution in [0.3, 0.4) is 0 Å². The smallest absolute Gasteiger partial charge is 0.185 e. The molecule has 1 aliphatic heterocycles. The molecule has 0 saturated heterocycles. The van der Waals surface area contributed by atoms with Gasteiger partial charge in [0.25, 0.3) is 0 Å². The lowest BCUT2D eigenvalue weighted by molar-refractivity contribution is 0.687. The van der Waals surface area contributed by atoms with Gasteiger partial charge in [0.15, 0.2) is 17.3 Å². The van der Waals surface area contributed by atoms with Crippen LogP contribution in [-0.4, -0.2) is 26.4 Å². The van der Waals surface area contributed by atoms with Gasteiger partial charge in [0.2, 0.25) is 0 Å². The second-order valence-corrected chi connectivity index (χ2v) is 7.96. The highest BCUT2D eigenvalue weighted by Crippen LogP contribution is 2.33. The first-order chi connectivity index (χ1) is 13.5. The van der Waals surface area contributed by atoms with Crippen molar-refractivity contribution in [2.45, 2.75) is 39.7 Å². The van der Waals surface area contributed by atoms with Crippen LogP contribution in [0.1, 0.15) is 42.3 Å². The van der Waals surface area contributed by atoms with Gasteiger partial charge in [-0.05, 0) is 42.2 Å². The number of hydrogen-bond donors (Lipinski definition) is 1. The third-order valence-corrected chi connectivity index (χ3v) is 5.66. The standard InChI is InChI=1S/C22H24N6/c1-13(2)20-24-25-21-18-6-4-5-7-19(18)22(26-28(20)21)27-9-8-17-14(3)10-16(23)11-15(17)12-27/h4-7,10-11,13H,8-9,12,23H2,1-3H3. The van der Waals surface area contributed by atoms with Gasteiger partial charge in [-0.3, -0.25) is 0 Å². The van der Waals surface area contributed by atoms with Crippen LogP contribution in [0.5, 0.6) is 0 Å². The van der Waals surface area contributed by atoms with Crippen molar-refractivity contribution in [3.05, 3.63) is 58.9 Å². The Balaban J connectivity index is 1.70. The molecule has 28 heavy (non-hydrogen) atoms. The molecule has 6 nitrogen and oxygen atoms in total. The summed E-state index contributed by atoms with van der Waals surface area (Å²) < 4.78 is 1.92. The average molecular weight is 372 g/mol. The molecule has 2 aromatic carbocycles. The number of hydrogen-bond acceptors (Lipinski definition) is 5. The zero-order chi connectivity index (χ0) is 19.4. The number of fused-ring (bicyclic) bond motifs is 4. The molecule has 2 N–H and O–H groups in total. The lowest BCUT2D eigenvalue weighted by atomic mass is 9.94. The molecule has 5 rings (SSSR count). The summed E-state index contributed by atoms with van der Waals surface area (Å²) in [7, 11) is 0. The van der Waals surface area contributed by atoms with Crippen molar-refractivity contribution in [2.24, 2.45) is 0 Å². The molecule has 0 radical (unpaired) electrons. The molecule has 0 spiro atoms. The molecule has 0 fully saturated rings. The molecule has 0 aliphatic carbocycles. The van der Waals surface area contributed by atoms with Crippen molar-refractivity contribution < 1.29 is 0 Å². The number of nitrogens with zero attached hydrogens (tertiary/aromatic N) is 5. The van der Waals surface area contributed by atoms with Gasteiger partial charge >= 0.3 is 0 Å². The van der Waals surface area contributed by atoms with Gasteiger partial charge in [0, 0.05) is 35.5 Å². The highest BCUT2D eigenvalue weighted by molar-refractivity contribution is 6.00. The van der Waals surface area contributed by atoms with Crippen LogP contribution >= 0.6 is 0 Å². The van der Waals surface area contributed by atoms with E-state index >= 15 is 0 Å². The molecule has 0 amide bonds. The molecule has 3 heterocycles. The van der Waals surface area contributed by atoms with Crippen molar-refractivity contribution in [1.82, 2.24) is 19.8 Å². The Labute approximate surface area is 164 Å². The van der Waals surface area contributed by atoms with E-state index in [1.54, 1.807) is 0 Å². The van der Waals surface area contributed by atoms with Crippen LogP contribution in [0.15, 0.2) is 36.4 Å². The summed E-state index contributed by atoms with van der Waals surface area (Å²) in [6, 6.07) is 12.5. The molecule has 142 valence electrons. The van der Waals surface area contributed by atoms with Crippen molar-refractivity contribution in [1.29, 1.82) is 0 Å². The quantitative estimate of drug-likeness (QED) is 0.541. The van der Waals surface area contributed by atoms with E-state index in [2.05, 4.69) is 66.2 Å². The van der Waals surface area contributed by atoms with Crippen molar-refractivity contribution in [3.63, 3.8) is 0 Å². The second kappa shape index (κ2) is 6.19. The van der Waals surface area contributed by atoms with Crippen LogP contribution < -0.4 is 10.6 Å². The van der Waals surface area contributed by atoms with E-state index in [0.717, 1.165) is 53.3 Å². The zero-order valence-corrected chi connectivity index (χ0v) is 16.5. The second-order valence-electron chi connectivity index (χ2n) is 7.96.